The quantitative estimate of drug-likeness (QED) is 0.583. The van der Waals surface area contributed by atoms with Crippen LogP contribution in [0.3, 0.4) is 0 Å². The van der Waals surface area contributed by atoms with Crippen molar-refractivity contribution in [1.29, 1.82) is 0 Å². The van der Waals surface area contributed by atoms with Gasteiger partial charge in [-0.1, -0.05) is 29.8 Å². The molecule has 27 heavy (non-hydrogen) atoms. The molecule has 0 aliphatic rings. The van der Waals surface area contributed by atoms with E-state index in [1.54, 1.807) is 18.2 Å². The Morgan fingerprint density at radius 1 is 1.11 bits per heavy atom. The number of ether oxygens (including phenoxy) is 1. The topological polar surface area (TPSA) is 84.5 Å². The molecule has 0 saturated heterocycles. The SMILES string of the molecule is Cc1ccc(NC(=O)NC(=O)COC(=O)CSc2ccccc2F)c(C)c1. The maximum absolute atomic E-state index is 13.4. The minimum Gasteiger partial charge on any atom is -0.455 e. The highest BCUT2D eigenvalue weighted by molar-refractivity contribution is 8.00. The van der Waals surface area contributed by atoms with E-state index in [9.17, 15) is 18.8 Å². The van der Waals surface area contributed by atoms with Crippen molar-refractivity contribution in [3.8, 4) is 0 Å². The number of anilines is 1. The van der Waals surface area contributed by atoms with Crippen LogP contribution in [0.5, 0.6) is 0 Å². The second kappa shape index (κ2) is 9.72. The number of urea groups is 1. The summed E-state index contributed by atoms with van der Waals surface area (Å²) < 4.78 is 18.2. The number of halogens is 1. The monoisotopic (exact) mass is 390 g/mol. The van der Waals surface area contributed by atoms with Crippen LogP contribution < -0.4 is 10.6 Å². The average Bonchev–Trinajstić information content (AvgIpc) is 2.61. The van der Waals surface area contributed by atoms with Crippen LogP contribution in [0.15, 0.2) is 47.4 Å². The Morgan fingerprint density at radius 3 is 2.56 bits per heavy atom. The van der Waals surface area contributed by atoms with Gasteiger partial charge in [0, 0.05) is 10.6 Å². The molecule has 2 N–H and O–H groups in total. The van der Waals surface area contributed by atoms with Crippen LogP contribution in [-0.2, 0) is 14.3 Å². The Kier molecular flexibility index (Phi) is 7.36. The molecule has 0 fully saturated rings. The molecule has 0 spiro atoms. The predicted molar refractivity (Wildman–Crippen MR) is 101 cm³/mol. The van der Waals surface area contributed by atoms with Gasteiger partial charge in [-0.25, -0.2) is 9.18 Å². The van der Waals surface area contributed by atoms with Gasteiger partial charge in [-0.05, 0) is 37.6 Å². The third kappa shape index (κ3) is 6.74. The second-order valence-electron chi connectivity index (χ2n) is 5.70. The van der Waals surface area contributed by atoms with Crippen molar-refractivity contribution in [2.75, 3.05) is 17.7 Å². The number of rotatable bonds is 6. The number of carbonyl (C=O) groups is 3. The van der Waals surface area contributed by atoms with Crippen molar-refractivity contribution < 1.29 is 23.5 Å². The van der Waals surface area contributed by atoms with Gasteiger partial charge < -0.3 is 10.1 Å². The van der Waals surface area contributed by atoms with Crippen LogP contribution in [-0.4, -0.2) is 30.3 Å². The van der Waals surface area contributed by atoms with E-state index < -0.39 is 30.3 Å². The molecule has 0 bridgehead atoms. The maximum Gasteiger partial charge on any atom is 0.325 e. The van der Waals surface area contributed by atoms with Gasteiger partial charge >= 0.3 is 12.0 Å². The van der Waals surface area contributed by atoms with E-state index in [-0.39, 0.29) is 5.75 Å². The van der Waals surface area contributed by atoms with E-state index in [1.165, 1.54) is 12.1 Å². The zero-order valence-corrected chi connectivity index (χ0v) is 15.7. The zero-order valence-electron chi connectivity index (χ0n) is 14.9. The number of imide groups is 1. The fraction of sp³-hybridized carbons (Fsp3) is 0.211. The van der Waals surface area contributed by atoms with Gasteiger partial charge in [-0.2, -0.15) is 0 Å². The summed E-state index contributed by atoms with van der Waals surface area (Å²) in [6.07, 6.45) is 0. The Hall–Kier alpha value is -2.87. The van der Waals surface area contributed by atoms with Gasteiger partial charge in [-0.3, -0.25) is 14.9 Å². The molecule has 2 aromatic carbocycles. The molecule has 142 valence electrons. The molecule has 6 nitrogen and oxygen atoms in total. The van der Waals surface area contributed by atoms with Crippen LogP contribution in [0.4, 0.5) is 14.9 Å². The number of benzene rings is 2. The molecule has 0 aliphatic carbocycles. The summed E-state index contributed by atoms with van der Waals surface area (Å²) in [6, 6.07) is 10.8. The van der Waals surface area contributed by atoms with Crippen molar-refractivity contribution in [3.63, 3.8) is 0 Å². The zero-order chi connectivity index (χ0) is 19.8. The molecule has 0 unspecified atom stereocenters. The first-order valence-corrected chi connectivity index (χ1v) is 9.05. The lowest BCUT2D eigenvalue weighted by molar-refractivity contribution is -0.145. The summed E-state index contributed by atoms with van der Waals surface area (Å²) in [5.41, 5.74) is 2.48. The number of nitrogens with one attached hydrogen (secondary N) is 2. The minimum absolute atomic E-state index is 0.150. The van der Waals surface area contributed by atoms with E-state index in [4.69, 9.17) is 4.74 Å². The minimum atomic E-state index is -0.762. The molecular weight excluding hydrogens is 371 g/mol. The fourth-order valence-electron chi connectivity index (χ4n) is 2.16. The molecule has 8 heteroatoms. The average molecular weight is 390 g/mol. The van der Waals surface area contributed by atoms with E-state index in [0.29, 0.717) is 10.6 Å². The summed E-state index contributed by atoms with van der Waals surface area (Å²) in [7, 11) is 0. The number of carbonyl (C=O) groups excluding carboxylic acids is 3. The van der Waals surface area contributed by atoms with Gasteiger partial charge in [0.15, 0.2) is 6.61 Å². The van der Waals surface area contributed by atoms with Gasteiger partial charge in [0.2, 0.25) is 0 Å². The molecule has 0 aliphatic heterocycles. The highest BCUT2D eigenvalue weighted by Crippen LogP contribution is 2.21. The van der Waals surface area contributed by atoms with Crippen molar-refractivity contribution >= 4 is 35.4 Å². The van der Waals surface area contributed by atoms with Gasteiger partial charge in [0.05, 0.1) is 5.75 Å². The van der Waals surface area contributed by atoms with Gasteiger partial charge in [0.1, 0.15) is 5.82 Å². The summed E-state index contributed by atoms with van der Waals surface area (Å²) in [5, 5.41) is 4.63. The van der Waals surface area contributed by atoms with E-state index in [2.05, 4.69) is 10.6 Å². The van der Waals surface area contributed by atoms with E-state index >= 15 is 0 Å². The first kappa shape index (κ1) is 20.4. The first-order valence-electron chi connectivity index (χ1n) is 8.06. The molecule has 3 amide bonds. The van der Waals surface area contributed by atoms with Crippen molar-refractivity contribution in [2.24, 2.45) is 0 Å². The van der Waals surface area contributed by atoms with Gasteiger partial charge in [0.25, 0.3) is 5.91 Å². The summed E-state index contributed by atoms with van der Waals surface area (Å²) >= 11 is 0.965. The first-order chi connectivity index (χ1) is 12.8. The number of amides is 3. The maximum atomic E-state index is 13.4. The van der Waals surface area contributed by atoms with Crippen LogP contribution in [0.1, 0.15) is 11.1 Å². The Balaban J connectivity index is 1.72. The number of hydrogen-bond donors (Lipinski definition) is 2. The summed E-state index contributed by atoms with van der Waals surface area (Å²) in [4.78, 5) is 35.5. The highest BCUT2D eigenvalue weighted by atomic mass is 32.2. The molecule has 0 saturated carbocycles. The summed E-state index contributed by atoms with van der Waals surface area (Å²) in [5.74, 6) is -2.03. The Morgan fingerprint density at radius 2 is 1.85 bits per heavy atom. The lowest BCUT2D eigenvalue weighted by Crippen LogP contribution is -2.37. The van der Waals surface area contributed by atoms with Crippen LogP contribution >= 0.6 is 11.8 Å². The fourth-order valence-corrected chi connectivity index (χ4v) is 2.89. The number of hydrogen-bond acceptors (Lipinski definition) is 5. The third-order valence-corrected chi connectivity index (χ3v) is 4.45. The molecule has 0 atom stereocenters. The lowest BCUT2D eigenvalue weighted by atomic mass is 10.1. The van der Waals surface area contributed by atoms with Crippen LogP contribution in [0, 0.1) is 19.7 Å². The molecule has 0 heterocycles. The number of aryl methyl sites for hydroxylation is 2. The number of esters is 1. The molecule has 2 aromatic rings. The highest BCUT2D eigenvalue weighted by Gasteiger charge is 2.13. The lowest BCUT2D eigenvalue weighted by Gasteiger charge is -2.10. The molecule has 0 aromatic heterocycles. The van der Waals surface area contributed by atoms with Crippen LogP contribution in [0.2, 0.25) is 0 Å². The van der Waals surface area contributed by atoms with Crippen molar-refractivity contribution in [2.45, 2.75) is 18.7 Å². The van der Waals surface area contributed by atoms with E-state index in [0.717, 1.165) is 22.9 Å². The number of thioether (sulfide) groups is 1. The predicted octanol–water partition coefficient (Wildman–Crippen LogP) is 3.43. The van der Waals surface area contributed by atoms with Crippen molar-refractivity contribution in [3.05, 3.63) is 59.4 Å². The van der Waals surface area contributed by atoms with Crippen LogP contribution in [0.25, 0.3) is 0 Å². The standard InChI is InChI=1S/C19H19FN2O4S/c1-12-7-8-15(13(2)9-12)21-19(25)22-17(23)10-26-18(24)11-27-16-6-4-3-5-14(16)20/h3-9H,10-11H2,1-2H3,(H2,21,22,23,25). The molecule has 2 rings (SSSR count). The smallest absolute Gasteiger partial charge is 0.325 e. The van der Waals surface area contributed by atoms with Crippen molar-refractivity contribution in [1.82, 2.24) is 5.32 Å². The second-order valence-corrected chi connectivity index (χ2v) is 6.72. The normalized spacial score (nSPS) is 10.2. The Bertz CT molecular complexity index is 857. The third-order valence-electron chi connectivity index (χ3n) is 3.43. The molecule has 0 radical (unpaired) electrons. The summed E-state index contributed by atoms with van der Waals surface area (Å²) in [6.45, 7) is 3.16. The van der Waals surface area contributed by atoms with E-state index in [1.807, 2.05) is 26.0 Å². The largest absolute Gasteiger partial charge is 0.455 e. The Labute approximate surface area is 160 Å². The van der Waals surface area contributed by atoms with Gasteiger partial charge in [-0.15, -0.1) is 11.8 Å². The molecular formula is C19H19FN2O4S.